The Hall–Kier alpha value is -2.38. The Labute approximate surface area is 154 Å². The van der Waals surface area contributed by atoms with Crippen LogP contribution in [0.4, 0.5) is 5.69 Å². The summed E-state index contributed by atoms with van der Waals surface area (Å²) in [6, 6.07) is 13.3. The summed E-state index contributed by atoms with van der Waals surface area (Å²) in [4.78, 5) is 12.2. The van der Waals surface area contributed by atoms with Crippen LogP contribution in [0, 0.1) is 0 Å². The maximum absolute atomic E-state index is 12.3. The maximum atomic E-state index is 12.3. The predicted octanol–water partition coefficient (Wildman–Crippen LogP) is 3.04. The van der Waals surface area contributed by atoms with Crippen LogP contribution in [0.2, 0.25) is 0 Å². The third kappa shape index (κ3) is 5.31. The van der Waals surface area contributed by atoms with Crippen molar-refractivity contribution in [1.82, 2.24) is 0 Å². The summed E-state index contributed by atoms with van der Waals surface area (Å²) in [5.41, 5.74) is 1.54. The molecule has 140 valence electrons. The number of amides is 1. The first-order valence-electron chi connectivity index (χ1n) is 8.18. The van der Waals surface area contributed by atoms with Gasteiger partial charge in [-0.15, -0.1) is 0 Å². The van der Waals surface area contributed by atoms with Crippen LogP contribution < -0.4 is 15.2 Å². The summed E-state index contributed by atoms with van der Waals surface area (Å²) in [5, 5.41) is 7.72. The molecule has 0 spiro atoms. The van der Waals surface area contributed by atoms with Gasteiger partial charge in [-0.1, -0.05) is 39.0 Å². The number of benzene rings is 2. The highest BCUT2D eigenvalue weighted by Gasteiger charge is 2.17. The summed E-state index contributed by atoms with van der Waals surface area (Å²) in [6.07, 6.45) is -0.756. The topological polar surface area (TPSA) is 98.5 Å². The number of anilines is 1. The van der Waals surface area contributed by atoms with Crippen molar-refractivity contribution in [3.8, 4) is 5.75 Å². The lowest BCUT2D eigenvalue weighted by molar-refractivity contribution is -0.122. The molecule has 0 fully saturated rings. The van der Waals surface area contributed by atoms with Gasteiger partial charge in [0.25, 0.3) is 5.91 Å². The Morgan fingerprint density at radius 3 is 2.27 bits per heavy atom. The second kappa shape index (κ2) is 7.47. The zero-order valence-electron chi connectivity index (χ0n) is 15.3. The molecule has 0 heterocycles. The van der Waals surface area contributed by atoms with Crippen molar-refractivity contribution in [2.45, 2.75) is 44.1 Å². The van der Waals surface area contributed by atoms with E-state index >= 15 is 0 Å². The second-order valence-electron chi connectivity index (χ2n) is 7.10. The number of carbonyl (C=O) groups excluding carboxylic acids is 1. The summed E-state index contributed by atoms with van der Waals surface area (Å²) in [5.74, 6) is 0.190. The summed E-state index contributed by atoms with van der Waals surface area (Å²) >= 11 is 0. The van der Waals surface area contributed by atoms with Crippen molar-refractivity contribution in [3.63, 3.8) is 0 Å². The Morgan fingerprint density at radius 1 is 1.12 bits per heavy atom. The van der Waals surface area contributed by atoms with Crippen molar-refractivity contribution < 1.29 is 17.9 Å². The number of sulfonamides is 1. The molecule has 0 saturated heterocycles. The molecule has 2 aromatic rings. The molecular formula is C19H24N2O4S. The number of carbonyl (C=O) groups is 1. The Bertz CT molecular complexity index is 885. The van der Waals surface area contributed by atoms with Gasteiger partial charge >= 0.3 is 0 Å². The molecule has 0 aliphatic carbocycles. The molecule has 0 bridgehead atoms. The molecule has 2 aromatic carbocycles. The van der Waals surface area contributed by atoms with E-state index in [1.54, 1.807) is 13.0 Å². The third-order valence-electron chi connectivity index (χ3n) is 3.83. The van der Waals surface area contributed by atoms with Gasteiger partial charge < -0.3 is 10.1 Å². The molecule has 0 aliphatic heterocycles. The van der Waals surface area contributed by atoms with Crippen LogP contribution in [0.15, 0.2) is 53.4 Å². The molecule has 7 heteroatoms. The number of primary sulfonamides is 1. The average Bonchev–Trinajstić information content (AvgIpc) is 2.54. The largest absolute Gasteiger partial charge is 0.481 e. The third-order valence-corrected chi connectivity index (χ3v) is 4.74. The van der Waals surface area contributed by atoms with Crippen LogP contribution in [0.3, 0.4) is 0 Å². The van der Waals surface area contributed by atoms with Crippen LogP contribution in [-0.2, 0) is 20.2 Å². The minimum absolute atomic E-state index is 0.0376. The highest BCUT2D eigenvalue weighted by Crippen LogP contribution is 2.24. The minimum Gasteiger partial charge on any atom is -0.481 e. The molecule has 0 radical (unpaired) electrons. The predicted molar refractivity (Wildman–Crippen MR) is 102 cm³/mol. The van der Waals surface area contributed by atoms with Crippen LogP contribution in [-0.4, -0.2) is 20.4 Å². The standard InChI is InChI=1S/C19H24N2O4S/c1-13(25-16-10-8-14(9-11-16)19(2,3)4)18(22)21-15-6-5-7-17(12-15)26(20,23)24/h5-13H,1-4H3,(H,21,22)(H2,20,23,24)/t13-/m0/s1. The number of nitrogens with one attached hydrogen (secondary N) is 1. The minimum atomic E-state index is -3.83. The lowest BCUT2D eigenvalue weighted by atomic mass is 9.87. The van der Waals surface area contributed by atoms with Crippen molar-refractivity contribution in [2.24, 2.45) is 5.14 Å². The van der Waals surface area contributed by atoms with Crippen molar-refractivity contribution in [1.29, 1.82) is 0 Å². The Kier molecular flexibility index (Phi) is 5.73. The van der Waals surface area contributed by atoms with E-state index in [1.165, 1.54) is 23.8 Å². The SMILES string of the molecule is C[C@H](Oc1ccc(C(C)(C)C)cc1)C(=O)Nc1cccc(S(N)(=O)=O)c1. The normalized spacial score (nSPS) is 13.1. The number of nitrogens with two attached hydrogens (primary N) is 1. The van der Waals surface area contributed by atoms with Gasteiger partial charge in [0.15, 0.2) is 6.10 Å². The van der Waals surface area contributed by atoms with Gasteiger partial charge in [-0.25, -0.2) is 13.6 Å². The van der Waals surface area contributed by atoms with Crippen molar-refractivity contribution >= 4 is 21.6 Å². The molecular weight excluding hydrogens is 352 g/mol. The van der Waals surface area contributed by atoms with E-state index in [2.05, 4.69) is 26.1 Å². The van der Waals surface area contributed by atoms with E-state index in [9.17, 15) is 13.2 Å². The lowest BCUT2D eigenvalue weighted by Crippen LogP contribution is -2.30. The number of ether oxygens (including phenoxy) is 1. The fourth-order valence-electron chi connectivity index (χ4n) is 2.29. The van der Waals surface area contributed by atoms with E-state index in [0.717, 1.165) is 0 Å². The smallest absolute Gasteiger partial charge is 0.265 e. The molecule has 6 nitrogen and oxygen atoms in total. The Morgan fingerprint density at radius 2 is 1.73 bits per heavy atom. The molecule has 0 unspecified atom stereocenters. The summed E-state index contributed by atoms with van der Waals surface area (Å²) in [7, 11) is -3.83. The highest BCUT2D eigenvalue weighted by atomic mass is 32.2. The first-order chi connectivity index (χ1) is 12.0. The molecule has 0 saturated carbocycles. The Balaban J connectivity index is 2.04. The van der Waals surface area contributed by atoms with Gasteiger partial charge in [0.2, 0.25) is 10.0 Å². The van der Waals surface area contributed by atoms with E-state index in [4.69, 9.17) is 9.88 Å². The molecule has 1 atom stereocenters. The van der Waals surface area contributed by atoms with E-state index < -0.39 is 22.0 Å². The molecule has 0 aromatic heterocycles. The van der Waals surface area contributed by atoms with Crippen molar-refractivity contribution in [3.05, 3.63) is 54.1 Å². The van der Waals surface area contributed by atoms with Gasteiger partial charge in [-0.3, -0.25) is 4.79 Å². The quantitative estimate of drug-likeness (QED) is 0.838. The van der Waals surface area contributed by atoms with Gasteiger partial charge in [-0.2, -0.15) is 0 Å². The average molecular weight is 376 g/mol. The van der Waals surface area contributed by atoms with E-state index in [0.29, 0.717) is 11.4 Å². The van der Waals surface area contributed by atoms with Crippen LogP contribution >= 0.6 is 0 Å². The molecule has 1 amide bonds. The van der Waals surface area contributed by atoms with Gasteiger partial charge in [0, 0.05) is 5.69 Å². The second-order valence-corrected chi connectivity index (χ2v) is 8.66. The number of rotatable bonds is 5. The van der Waals surface area contributed by atoms with E-state index in [-0.39, 0.29) is 10.3 Å². The molecule has 2 rings (SSSR count). The number of hydrogen-bond acceptors (Lipinski definition) is 4. The molecule has 0 aliphatic rings. The summed E-state index contributed by atoms with van der Waals surface area (Å²) < 4.78 is 28.4. The van der Waals surface area contributed by atoms with Gasteiger partial charge in [-0.05, 0) is 48.2 Å². The van der Waals surface area contributed by atoms with Crippen LogP contribution in [0.1, 0.15) is 33.3 Å². The maximum Gasteiger partial charge on any atom is 0.265 e. The fourth-order valence-corrected chi connectivity index (χ4v) is 2.85. The molecule has 26 heavy (non-hydrogen) atoms. The first kappa shape index (κ1) is 19.9. The fraction of sp³-hybridized carbons (Fsp3) is 0.316. The molecule has 3 N–H and O–H groups in total. The first-order valence-corrected chi connectivity index (χ1v) is 9.72. The van der Waals surface area contributed by atoms with E-state index in [1.807, 2.05) is 24.3 Å². The zero-order valence-corrected chi connectivity index (χ0v) is 16.1. The van der Waals surface area contributed by atoms with Gasteiger partial charge in [0.1, 0.15) is 5.75 Å². The number of hydrogen-bond donors (Lipinski definition) is 2. The monoisotopic (exact) mass is 376 g/mol. The van der Waals surface area contributed by atoms with Crippen molar-refractivity contribution in [2.75, 3.05) is 5.32 Å². The van der Waals surface area contributed by atoms with Crippen LogP contribution in [0.25, 0.3) is 0 Å². The highest BCUT2D eigenvalue weighted by molar-refractivity contribution is 7.89. The zero-order chi connectivity index (χ0) is 19.5. The summed E-state index contributed by atoms with van der Waals surface area (Å²) in [6.45, 7) is 7.98. The van der Waals surface area contributed by atoms with Crippen LogP contribution in [0.5, 0.6) is 5.75 Å². The lowest BCUT2D eigenvalue weighted by Gasteiger charge is -2.20. The van der Waals surface area contributed by atoms with Gasteiger partial charge in [0.05, 0.1) is 4.90 Å².